The van der Waals surface area contributed by atoms with E-state index in [1.54, 1.807) is 13.2 Å². The van der Waals surface area contributed by atoms with E-state index in [1.807, 2.05) is 46.8 Å². The number of nitrogens with two attached hydrogens (primary N) is 1. The van der Waals surface area contributed by atoms with Crippen LogP contribution in [-0.2, 0) is 18.8 Å². The zero-order valence-corrected chi connectivity index (χ0v) is 18.9. The molecule has 1 heterocycles. The molecule has 0 spiro atoms. The Kier molecular flexibility index (Phi) is 7.98. The van der Waals surface area contributed by atoms with Gasteiger partial charge in [-0.15, -0.1) is 0 Å². The van der Waals surface area contributed by atoms with Crippen molar-refractivity contribution in [3.63, 3.8) is 0 Å². The third kappa shape index (κ3) is 5.86. The van der Waals surface area contributed by atoms with Gasteiger partial charge in [0.05, 0.1) is 36.8 Å². The van der Waals surface area contributed by atoms with Gasteiger partial charge in [0.15, 0.2) is 0 Å². The summed E-state index contributed by atoms with van der Waals surface area (Å²) in [5.74, 6) is 6.17. The highest BCUT2D eigenvalue weighted by Crippen LogP contribution is 2.38. The minimum atomic E-state index is -0.661. The van der Waals surface area contributed by atoms with Crippen molar-refractivity contribution >= 4 is 24.6 Å². The predicted octanol–water partition coefficient (Wildman–Crippen LogP) is 3.16. The Morgan fingerprint density at radius 2 is 1.86 bits per heavy atom. The van der Waals surface area contributed by atoms with Crippen LogP contribution in [0.25, 0.3) is 0 Å². The van der Waals surface area contributed by atoms with Crippen molar-refractivity contribution in [2.75, 3.05) is 20.3 Å². The van der Waals surface area contributed by atoms with Gasteiger partial charge in [0.2, 0.25) is 5.91 Å². The summed E-state index contributed by atoms with van der Waals surface area (Å²) < 4.78 is 23.2. The number of methoxy groups -OCH3 is 1. The topological polar surface area (TPSA) is 83.3 Å². The van der Waals surface area contributed by atoms with Gasteiger partial charge in [-0.1, -0.05) is 11.6 Å². The summed E-state index contributed by atoms with van der Waals surface area (Å²) in [6, 6.07) is 5.44. The van der Waals surface area contributed by atoms with Crippen LogP contribution in [0.3, 0.4) is 0 Å². The van der Waals surface area contributed by atoms with Crippen molar-refractivity contribution in [3.8, 4) is 5.75 Å². The summed E-state index contributed by atoms with van der Waals surface area (Å²) in [4.78, 5) is 12.5. The van der Waals surface area contributed by atoms with Crippen molar-refractivity contribution < 1.29 is 23.6 Å². The molecule has 0 unspecified atom stereocenters. The van der Waals surface area contributed by atoms with E-state index in [4.69, 9.17) is 36.2 Å². The zero-order chi connectivity index (χ0) is 21.8. The number of ether oxygens (including phenoxy) is 2. The Balaban J connectivity index is 2.11. The molecular weight excluding hydrogens is 394 g/mol. The zero-order valence-electron chi connectivity index (χ0n) is 18.2. The van der Waals surface area contributed by atoms with Crippen molar-refractivity contribution in [1.29, 1.82) is 0 Å². The van der Waals surface area contributed by atoms with Crippen molar-refractivity contribution in [3.05, 3.63) is 28.8 Å². The van der Waals surface area contributed by atoms with E-state index < -0.39 is 24.3 Å². The molecule has 1 aliphatic rings. The van der Waals surface area contributed by atoms with Crippen LogP contribution in [0.2, 0.25) is 5.02 Å². The van der Waals surface area contributed by atoms with Gasteiger partial charge in [0.1, 0.15) is 5.75 Å². The van der Waals surface area contributed by atoms with E-state index in [0.29, 0.717) is 24.7 Å². The van der Waals surface area contributed by atoms with Crippen molar-refractivity contribution in [1.82, 2.24) is 5.01 Å². The molecule has 1 saturated heterocycles. The maximum atomic E-state index is 12.5. The minimum absolute atomic E-state index is 0.181. The molecular formula is C20H32BClN2O5. The number of hydrogen-bond acceptors (Lipinski definition) is 6. The van der Waals surface area contributed by atoms with Gasteiger partial charge in [0.25, 0.3) is 0 Å². The van der Waals surface area contributed by atoms with Crippen LogP contribution in [-0.4, -0.2) is 55.5 Å². The highest BCUT2D eigenvalue weighted by Gasteiger charge is 2.55. The molecule has 162 valence electrons. The number of carbonyl (C=O) groups excluding carboxylic acids is 1. The van der Waals surface area contributed by atoms with E-state index >= 15 is 0 Å². The average Bonchev–Trinajstić information content (AvgIpc) is 2.84. The van der Waals surface area contributed by atoms with Crippen LogP contribution >= 0.6 is 11.6 Å². The molecule has 0 aliphatic carbocycles. The molecule has 1 aromatic rings. The summed E-state index contributed by atoms with van der Waals surface area (Å²) in [6.45, 7) is 10.4. The smallest absolute Gasteiger partial charge is 0.483 e. The molecule has 1 amide bonds. The fourth-order valence-corrected chi connectivity index (χ4v) is 3.25. The first kappa shape index (κ1) is 24.0. The van der Waals surface area contributed by atoms with Gasteiger partial charge < -0.3 is 18.8 Å². The molecule has 7 nitrogen and oxygen atoms in total. The molecule has 0 radical (unpaired) electrons. The van der Waals surface area contributed by atoms with Gasteiger partial charge in [0, 0.05) is 18.6 Å². The van der Waals surface area contributed by atoms with Crippen molar-refractivity contribution in [2.45, 2.75) is 64.6 Å². The van der Waals surface area contributed by atoms with Gasteiger partial charge in [-0.25, -0.2) is 5.84 Å². The Hall–Kier alpha value is -1.32. The van der Waals surface area contributed by atoms with Crippen LogP contribution < -0.4 is 10.6 Å². The quantitative estimate of drug-likeness (QED) is 0.283. The number of aryl methyl sites for hydroxylation is 1. The highest BCUT2D eigenvalue weighted by atomic mass is 35.5. The molecule has 0 bridgehead atoms. The van der Waals surface area contributed by atoms with E-state index in [-0.39, 0.29) is 12.3 Å². The lowest BCUT2D eigenvalue weighted by Crippen LogP contribution is -2.55. The number of benzene rings is 1. The summed E-state index contributed by atoms with van der Waals surface area (Å²) in [6.07, 6.45) is 0.619. The second-order valence-corrected chi connectivity index (χ2v) is 8.72. The number of carbonyl (C=O) groups is 1. The van der Waals surface area contributed by atoms with Crippen LogP contribution in [0.5, 0.6) is 5.75 Å². The van der Waals surface area contributed by atoms with E-state index in [1.165, 1.54) is 5.01 Å². The number of hydrazine groups is 1. The van der Waals surface area contributed by atoms with E-state index in [2.05, 4.69) is 0 Å². The SMILES string of the molecule is COCCC(=O)N(N)[C@H](CCOc1ccc(Cl)cc1C)B1OC(C)(C)C(C)(C)O1. The second kappa shape index (κ2) is 9.66. The lowest BCUT2D eigenvalue weighted by molar-refractivity contribution is -0.134. The van der Waals surface area contributed by atoms with E-state index in [0.717, 1.165) is 11.3 Å². The monoisotopic (exact) mass is 426 g/mol. The first-order chi connectivity index (χ1) is 13.5. The minimum Gasteiger partial charge on any atom is -0.493 e. The molecule has 1 fully saturated rings. The summed E-state index contributed by atoms with van der Waals surface area (Å²) >= 11 is 6.00. The summed E-state index contributed by atoms with van der Waals surface area (Å²) in [5, 5.41) is 1.85. The van der Waals surface area contributed by atoms with Gasteiger partial charge in [-0.3, -0.25) is 9.80 Å². The van der Waals surface area contributed by atoms with E-state index in [9.17, 15) is 4.79 Å². The van der Waals surface area contributed by atoms with Crippen LogP contribution in [0.15, 0.2) is 18.2 Å². The third-order valence-electron chi connectivity index (χ3n) is 5.56. The van der Waals surface area contributed by atoms with Gasteiger partial charge in [-0.05, 0) is 58.4 Å². The molecule has 1 aliphatic heterocycles. The number of rotatable bonds is 9. The summed E-state index contributed by atoms with van der Waals surface area (Å²) in [7, 11) is 0.883. The Labute approximate surface area is 178 Å². The fraction of sp³-hybridized carbons (Fsp3) is 0.650. The predicted molar refractivity (Wildman–Crippen MR) is 114 cm³/mol. The maximum Gasteiger partial charge on any atom is 0.483 e. The standard InChI is InChI=1S/C20H32BClN2O5/c1-14-13-15(22)7-8-16(14)27-12-9-17(24(23)18(25)10-11-26-6)21-28-19(2,3)20(4,5)29-21/h7-8,13,17H,9-12,23H2,1-6H3/t17-/m1/s1. The van der Waals surface area contributed by atoms with Crippen LogP contribution in [0.1, 0.15) is 46.1 Å². The third-order valence-corrected chi connectivity index (χ3v) is 5.79. The normalized spacial score (nSPS) is 18.6. The summed E-state index contributed by atoms with van der Waals surface area (Å²) in [5.41, 5.74) is -0.120. The molecule has 9 heteroatoms. The average molecular weight is 427 g/mol. The molecule has 0 saturated carbocycles. The first-order valence-electron chi connectivity index (χ1n) is 9.79. The molecule has 2 rings (SSSR count). The first-order valence-corrected chi connectivity index (χ1v) is 10.2. The molecule has 1 atom stereocenters. The molecule has 1 aromatic carbocycles. The Bertz CT molecular complexity index is 700. The lowest BCUT2D eigenvalue weighted by Gasteiger charge is -2.32. The Morgan fingerprint density at radius 1 is 1.24 bits per heavy atom. The largest absolute Gasteiger partial charge is 0.493 e. The van der Waals surface area contributed by atoms with Crippen LogP contribution in [0.4, 0.5) is 0 Å². The molecule has 0 aromatic heterocycles. The number of hydrogen-bond donors (Lipinski definition) is 1. The maximum absolute atomic E-state index is 12.5. The lowest BCUT2D eigenvalue weighted by atomic mass is 9.75. The number of nitrogens with zero attached hydrogens (tertiary/aromatic N) is 1. The Morgan fingerprint density at radius 3 is 2.41 bits per heavy atom. The van der Waals surface area contributed by atoms with Crippen LogP contribution in [0, 0.1) is 6.92 Å². The number of halogens is 1. The fourth-order valence-electron chi connectivity index (χ4n) is 3.02. The number of amides is 1. The molecule has 29 heavy (non-hydrogen) atoms. The van der Waals surface area contributed by atoms with Crippen molar-refractivity contribution in [2.24, 2.45) is 5.84 Å². The second-order valence-electron chi connectivity index (χ2n) is 8.28. The van der Waals surface area contributed by atoms with Gasteiger partial charge >= 0.3 is 7.12 Å². The highest BCUT2D eigenvalue weighted by molar-refractivity contribution is 6.48. The van der Waals surface area contributed by atoms with Gasteiger partial charge in [-0.2, -0.15) is 0 Å². The molecule has 2 N–H and O–H groups in total.